The van der Waals surface area contributed by atoms with Crippen LogP contribution in [0, 0.1) is 0 Å². The van der Waals surface area contributed by atoms with E-state index in [9.17, 15) is 18.0 Å². The van der Waals surface area contributed by atoms with Gasteiger partial charge < -0.3 is 14.6 Å². The number of nitrogens with one attached hydrogen (secondary N) is 1. The van der Waals surface area contributed by atoms with Gasteiger partial charge in [-0.05, 0) is 60.2 Å². The van der Waals surface area contributed by atoms with Crippen molar-refractivity contribution in [3.05, 3.63) is 89.4 Å². The van der Waals surface area contributed by atoms with Gasteiger partial charge in [0.1, 0.15) is 17.1 Å². The van der Waals surface area contributed by atoms with Gasteiger partial charge in [0, 0.05) is 19.0 Å². The van der Waals surface area contributed by atoms with Crippen molar-refractivity contribution in [2.75, 3.05) is 0 Å². The molecule has 1 aliphatic carbocycles. The Labute approximate surface area is 206 Å². The molecule has 0 aliphatic heterocycles. The summed E-state index contributed by atoms with van der Waals surface area (Å²) < 4.78 is 43.3. The zero-order chi connectivity index (χ0) is 25.1. The summed E-state index contributed by atoms with van der Waals surface area (Å²) in [6.45, 7) is 0.354. The summed E-state index contributed by atoms with van der Waals surface area (Å²) in [5.74, 6) is 0.372. The second-order valence-corrected chi connectivity index (χ2v) is 8.86. The van der Waals surface area contributed by atoms with Crippen molar-refractivity contribution in [2.24, 2.45) is 0 Å². The Hall–Kier alpha value is -3.88. The molecular formula is C27H25F3N4O2. The Morgan fingerprint density at radius 1 is 1.08 bits per heavy atom. The van der Waals surface area contributed by atoms with E-state index in [0.29, 0.717) is 30.0 Å². The van der Waals surface area contributed by atoms with E-state index in [1.807, 2.05) is 22.8 Å². The zero-order valence-electron chi connectivity index (χ0n) is 19.5. The second-order valence-electron chi connectivity index (χ2n) is 8.86. The van der Waals surface area contributed by atoms with Crippen molar-refractivity contribution < 1.29 is 22.7 Å². The number of benzene rings is 2. The number of ether oxygens (including phenoxy) is 1. The number of halogens is 3. The maximum Gasteiger partial charge on any atom is 0.573 e. The SMILES string of the molecule is O=C(CCc1nc2cccnc2n1Cc1ccc(OC(F)(F)F)cc1)N[C@H]1CCCc2ccccc21. The molecule has 0 unspecified atom stereocenters. The minimum absolute atomic E-state index is 0.0142. The van der Waals surface area contributed by atoms with E-state index in [1.54, 1.807) is 24.4 Å². The highest BCUT2D eigenvalue weighted by molar-refractivity contribution is 5.77. The van der Waals surface area contributed by atoms with Gasteiger partial charge >= 0.3 is 6.36 Å². The molecular weight excluding hydrogens is 469 g/mol. The predicted octanol–water partition coefficient (Wildman–Crippen LogP) is 5.50. The Bertz CT molecular complexity index is 1370. The number of carbonyl (C=O) groups excluding carboxylic acids is 1. The lowest BCUT2D eigenvalue weighted by atomic mass is 9.87. The highest BCUT2D eigenvalue weighted by Crippen LogP contribution is 2.29. The molecule has 1 N–H and O–H groups in total. The van der Waals surface area contributed by atoms with Gasteiger partial charge in [0.15, 0.2) is 5.65 Å². The number of hydrogen-bond acceptors (Lipinski definition) is 4. The van der Waals surface area contributed by atoms with Crippen LogP contribution >= 0.6 is 0 Å². The molecule has 6 nitrogen and oxygen atoms in total. The minimum Gasteiger partial charge on any atom is -0.406 e. The van der Waals surface area contributed by atoms with E-state index in [0.717, 1.165) is 24.8 Å². The maximum absolute atomic E-state index is 12.9. The normalized spacial score (nSPS) is 15.5. The van der Waals surface area contributed by atoms with Crippen molar-refractivity contribution in [2.45, 2.75) is 51.1 Å². The molecule has 4 aromatic rings. The number of aryl methyl sites for hydroxylation is 2. The Balaban J connectivity index is 1.30. The van der Waals surface area contributed by atoms with E-state index in [2.05, 4.69) is 32.2 Å². The van der Waals surface area contributed by atoms with E-state index >= 15 is 0 Å². The summed E-state index contributed by atoms with van der Waals surface area (Å²) in [4.78, 5) is 22.0. The van der Waals surface area contributed by atoms with Crippen molar-refractivity contribution in [3.63, 3.8) is 0 Å². The Morgan fingerprint density at radius 3 is 2.69 bits per heavy atom. The first-order chi connectivity index (χ1) is 17.4. The predicted molar refractivity (Wildman–Crippen MR) is 128 cm³/mol. The van der Waals surface area contributed by atoms with E-state index in [4.69, 9.17) is 0 Å². The molecule has 36 heavy (non-hydrogen) atoms. The molecule has 1 atom stereocenters. The number of pyridine rings is 1. The van der Waals surface area contributed by atoms with Gasteiger partial charge in [-0.15, -0.1) is 13.2 Å². The van der Waals surface area contributed by atoms with Crippen LogP contribution in [0.25, 0.3) is 11.2 Å². The fourth-order valence-electron chi connectivity index (χ4n) is 4.74. The molecule has 0 saturated heterocycles. The first-order valence-electron chi connectivity index (χ1n) is 11.9. The van der Waals surface area contributed by atoms with Gasteiger partial charge in [0.05, 0.1) is 12.6 Å². The van der Waals surface area contributed by atoms with Crippen LogP contribution in [-0.4, -0.2) is 26.8 Å². The van der Waals surface area contributed by atoms with Crippen LogP contribution in [0.2, 0.25) is 0 Å². The first kappa shape index (κ1) is 23.8. The van der Waals surface area contributed by atoms with Crippen LogP contribution < -0.4 is 10.1 Å². The standard InChI is InChI=1S/C27H25F3N4O2/c28-27(29,30)36-20-12-10-18(11-13-20)17-34-24(32-23-9-4-16-31-26(23)34)14-15-25(35)33-22-8-3-6-19-5-1-2-7-21(19)22/h1-2,4-5,7,9-13,16,22H,3,6,8,14-15,17H2,(H,33,35)/t22-/m0/s1. The lowest BCUT2D eigenvalue weighted by Gasteiger charge is -2.26. The number of amides is 1. The molecule has 1 amide bonds. The third kappa shape index (κ3) is 5.50. The smallest absolute Gasteiger partial charge is 0.406 e. The molecule has 0 bridgehead atoms. The monoisotopic (exact) mass is 494 g/mol. The third-order valence-electron chi connectivity index (χ3n) is 6.36. The zero-order valence-corrected chi connectivity index (χ0v) is 19.5. The van der Waals surface area contributed by atoms with Crippen molar-refractivity contribution >= 4 is 17.1 Å². The molecule has 9 heteroatoms. The molecule has 186 valence electrons. The van der Waals surface area contributed by atoms with E-state index < -0.39 is 6.36 Å². The minimum atomic E-state index is -4.74. The summed E-state index contributed by atoms with van der Waals surface area (Å²) in [7, 11) is 0. The van der Waals surface area contributed by atoms with Crippen molar-refractivity contribution in [3.8, 4) is 5.75 Å². The lowest BCUT2D eigenvalue weighted by molar-refractivity contribution is -0.274. The number of alkyl halides is 3. The highest BCUT2D eigenvalue weighted by Gasteiger charge is 2.31. The number of fused-ring (bicyclic) bond motifs is 2. The van der Waals surface area contributed by atoms with E-state index in [-0.39, 0.29) is 24.1 Å². The van der Waals surface area contributed by atoms with Gasteiger partial charge in [0.2, 0.25) is 5.91 Å². The number of nitrogens with zero attached hydrogens (tertiary/aromatic N) is 3. The summed E-state index contributed by atoms with van der Waals surface area (Å²) >= 11 is 0. The summed E-state index contributed by atoms with van der Waals surface area (Å²) in [5, 5.41) is 3.18. The topological polar surface area (TPSA) is 69.0 Å². The molecule has 0 radical (unpaired) electrons. The Kier molecular flexibility index (Phi) is 6.63. The molecule has 0 spiro atoms. The average Bonchev–Trinajstić information content (AvgIpc) is 3.20. The van der Waals surface area contributed by atoms with Gasteiger partial charge in [-0.1, -0.05) is 36.4 Å². The molecule has 0 fully saturated rings. The fraction of sp³-hybridized carbons (Fsp3) is 0.296. The lowest BCUT2D eigenvalue weighted by Crippen LogP contribution is -2.31. The first-order valence-corrected chi connectivity index (χ1v) is 11.9. The third-order valence-corrected chi connectivity index (χ3v) is 6.36. The highest BCUT2D eigenvalue weighted by atomic mass is 19.4. The second kappa shape index (κ2) is 10.0. The van der Waals surface area contributed by atoms with Gasteiger partial charge in [0.25, 0.3) is 0 Å². The average molecular weight is 495 g/mol. The molecule has 1 aliphatic rings. The summed E-state index contributed by atoms with van der Waals surface area (Å²) in [6.07, 6.45) is 0.585. The summed E-state index contributed by atoms with van der Waals surface area (Å²) in [6, 6.07) is 17.6. The van der Waals surface area contributed by atoms with Crippen LogP contribution in [0.4, 0.5) is 13.2 Å². The molecule has 2 aromatic carbocycles. The van der Waals surface area contributed by atoms with Crippen molar-refractivity contribution in [1.29, 1.82) is 0 Å². The molecule has 5 rings (SSSR count). The molecule has 2 aromatic heterocycles. The van der Waals surface area contributed by atoms with Crippen LogP contribution in [0.1, 0.15) is 47.8 Å². The number of aromatic nitrogens is 3. The number of carbonyl (C=O) groups is 1. The van der Waals surface area contributed by atoms with Crippen LogP contribution in [0.3, 0.4) is 0 Å². The van der Waals surface area contributed by atoms with Gasteiger partial charge in [-0.3, -0.25) is 4.79 Å². The van der Waals surface area contributed by atoms with Crippen molar-refractivity contribution in [1.82, 2.24) is 19.9 Å². The number of rotatable bonds is 7. The summed E-state index contributed by atoms with van der Waals surface area (Å²) in [5.41, 5.74) is 4.59. The quantitative estimate of drug-likeness (QED) is 0.368. The van der Waals surface area contributed by atoms with Crippen LogP contribution in [0.15, 0.2) is 66.9 Å². The largest absolute Gasteiger partial charge is 0.573 e. The van der Waals surface area contributed by atoms with Crippen LogP contribution in [0.5, 0.6) is 5.75 Å². The maximum atomic E-state index is 12.9. The molecule has 0 saturated carbocycles. The van der Waals surface area contributed by atoms with Gasteiger partial charge in [-0.2, -0.15) is 0 Å². The fourth-order valence-corrected chi connectivity index (χ4v) is 4.74. The molecule has 2 heterocycles. The van der Waals surface area contributed by atoms with Crippen LogP contribution in [-0.2, 0) is 24.2 Å². The van der Waals surface area contributed by atoms with Gasteiger partial charge in [-0.25, -0.2) is 9.97 Å². The number of hydrogen-bond donors (Lipinski definition) is 1. The van der Waals surface area contributed by atoms with E-state index in [1.165, 1.54) is 23.3 Å². The number of imidazole rings is 1. The Morgan fingerprint density at radius 2 is 1.89 bits per heavy atom.